The van der Waals surface area contributed by atoms with Gasteiger partial charge in [-0.1, -0.05) is 6.58 Å². The van der Waals surface area contributed by atoms with Gasteiger partial charge < -0.3 is 23.5 Å². The number of hydrogen-bond donors (Lipinski definition) is 1. The first-order valence-corrected chi connectivity index (χ1v) is 6.20. The van der Waals surface area contributed by atoms with Gasteiger partial charge in [0.25, 0.3) is 7.82 Å². The lowest BCUT2D eigenvalue weighted by Gasteiger charge is -2.25. The molecule has 17 heavy (non-hydrogen) atoms. The van der Waals surface area contributed by atoms with Crippen LogP contribution in [-0.2, 0) is 18.6 Å². The number of esters is 1. The molecule has 0 saturated carbocycles. The predicted octanol–water partition coefficient (Wildman–Crippen LogP) is -0.485. The van der Waals surface area contributed by atoms with Crippen molar-refractivity contribution in [3.05, 3.63) is 12.7 Å². The van der Waals surface area contributed by atoms with Gasteiger partial charge in [-0.2, -0.15) is 0 Å². The molecule has 0 amide bonds. The highest BCUT2D eigenvalue weighted by molar-refractivity contribution is 7.44. The number of hydrogen-bond acceptors (Lipinski definition) is 5. The lowest BCUT2D eigenvalue weighted by molar-refractivity contribution is -0.870. The predicted molar refractivity (Wildman–Crippen MR) is 60.9 cm³/mol. The van der Waals surface area contributed by atoms with Crippen LogP contribution in [0, 0.1) is 0 Å². The number of phosphoric ester groups is 1. The van der Waals surface area contributed by atoms with Gasteiger partial charge in [-0.3, -0.25) is 4.57 Å². The van der Waals surface area contributed by atoms with Crippen molar-refractivity contribution in [1.82, 2.24) is 0 Å². The summed E-state index contributed by atoms with van der Waals surface area (Å²) in [5, 5.41) is 0. The zero-order chi connectivity index (χ0) is 14.1. The third-order valence-corrected chi connectivity index (χ3v) is 1.89. The number of methoxy groups -OCH3 is 1. The molecule has 0 aromatic carbocycles. The van der Waals surface area contributed by atoms with Crippen LogP contribution < -0.4 is 4.89 Å². The van der Waals surface area contributed by atoms with Crippen molar-refractivity contribution in [2.75, 3.05) is 41.4 Å². The maximum atomic E-state index is 10.1. The second-order valence-corrected chi connectivity index (χ2v) is 5.24. The van der Waals surface area contributed by atoms with Gasteiger partial charge >= 0.3 is 5.97 Å². The Balaban J connectivity index is 0. The first kappa shape index (κ1) is 18.6. The van der Waals surface area contributed by atoms with Crippen molar-refractivity contribution < 1.29 is 32.9 Å². The van der Waals surface area contributed by atoms with Gasteiger partial charge in [0.1, 0.15) is 13.2 Å². The summed E-state index contributed by atoms with van der Waals surface area (Å²) in [5.74, 6) is -0.394. The van der Waals surface area contributed by atoms with Crippen molar-refractivity contribution in [2.24, 2.45) is 0 Å². The number of rotatable bonds is 5. The highest BCUT2D eigenvalue weighted by Gasteiger charge is 2.08. The summed E-state index contributed by atoms with van der Waals surface area (Å²) in [5.41, 5.74) is 0. The van der Waals surface area contributed by atoms with E-state index in [2.05, 4.69) is 15.8 Å². The summed E-state index contributed by atoms with van der Waals surface area (Å²) in [6.45, 7) is 3.71. The maximum absolute atomic E-state index is 10.1. The van der Waals surface area contributed by atoms with Crippen LogP contribution in [0.2, 0.25) is 0 Å². The van der Waals surface area contributed by atoms with Gasteiger partial charge in [-0.05, 0) is 0 Å². The standard InChI is InChI=1S/C5H14NO4P.C4H6O2/c1-6(2,3)4-5-10-11(7,8)9;1-3-4(5)6-2/h4-5H2,1-3H3,(H-,7,8,9);3H,1H2,2H3. The Bertz CT molecular complexity index is 280. The topological polar surface area (TPSA) is 95.9 Å². The lowest BCUT2D eigenvalue weighted by atomic mass is 10.5. The number of phosphoric acid groups is 1. The van der Waals surface area contributed by atoms with Gasteiger partial charge in [-0.15, -0.1) is 0 Å². The summed E-state index contributed by atoms with van der Waals surface area (Å²) in [6, 6.07) is 0. The zero-order valence-corrected chi connectivity index (χ0v) is 11.5. The van der Waals surface area contributed by atoms with E-state index in [4.69, 9.17) is 4.89 Å². The first-order valence-electron chi connectivity index (χ1n) is 4.71. The molecule has 0 radical (unpaired) electrons. The van der Waals surface area contributed by atoms with E-state index in [1.807, 2.05) is 21.1 Å². The van der Waals surface area contributed by atoms with Crippen LogP contribution >= 0.6 is 7.82 Å². The van der Waals surface area contributed by atoms with Crippen LogP contribution in [0.4, 0.5) is 0 Å². The Morgan fingerprint density at radius 2 is 2.00 bits per heavy atom. The Hall–Kier alpha value is -0.720. The quantitative estimate of drug-likeness (QED) is 0.313. The van der Waals surface area contributed by atoms with Crippen LogP contribution in [0.1, 0.15) is 0 Å². The van der Waals surface area contributed by atoms with Gasteiger partial charge in [0.05, 0.1) is 28.3 Å². The molecule has 0 bridgehead atoms. The molecule has 0 aliphatic rings. The molecule has 102 valence electrons. The Labute approximate surface area is 101 Å². The molecule has 0 aliphatic heterocycles. The summed E-state index contributed by atoms with van der Waals surface area (Å²) in [6.07, 6.45) is 1.11. The van der Waals surface area contributed by atoms with E-state index in [9.17, 15) is 14.3 Å². The monoisotopic (exact) mass is 269 g/mol. The second kappa shape index (κ2) is 8.38. The second-order valence-electron chi connectivity index (χ2n) is 4.04. The fraction of sp³-hybridized carbons (Fsp3) is 0.667. The molecule has 7 nitrogen and oxygen atoms in total. The van der Waals surface area contributed by atoms with Crippen LogP contribution in [0.5, 0.6) is 0 Å². The van der Waals surface area contributed by atoms with Crippen LogP contribution in [-0.4, -0.2) is 56.8 Å². The Kier molecular flexibility index (Phi) is 9.19. The van der Waals surface area contributed by atoms with E-state index in [0.717, 1.165) is 6.08 Å². The number of nitrogens with zero attached hydrogens (tertiary/aromatic N) is 1. The summed E-state index contributed by atoms with van der Waals surface area (Å²) in [7, 11) is 2.50. The average molecular weight is 269 g/mol. The first-order chi connectivity index (χ1) is 7.52. The molecule has 1 N–H and O–H groups in total. The van der Waals surface area contributed by atoms with Gasteiger partial charge in [0.2, 0.25) is 0 Å². The van der Waals surface area contributed by atoms with Gasteiger partial charge in [0, 0.05) is 6.08 Å². The van der Waals surface area contributed by atoms with Crippen molar-refractivity contribution in [3.8, 4) is 0 Å². The molecule has 0 aromatic heterocycles. The molecule has 0 fully saturated rings. The number of ether oxygens (including phenoxy) is 1. The van der Waals surface area contributed by atoms with E-state index >= 15 is 0 Å². The fourth-order valence-corrected chi connectivity index (χ4v) is 0.826. The average Bonchev–Trinajstić information content (AvgIpc) is 2.13. The Morgan fingerprint density at radius 3 is 2.18 bits per heavy atom. The molecule has 0 spiro atoms. The van der Waals surface area contributed by atoms with E-state index in [1.165, 1.54) is 7.11 Å². The number of carbonyl (C=O) groups excluding carboxylic acids is 1. The SMILES string of the molecule is C=CC(=O)OC.C[N+](C)(C)CCOP(=O)([O-])O. The molecule has 0 heterocycles. The van der Waals surface area contributed by atoms with Gasteiger partial charge in [0.15, 0.2) is 0 Å². The van der Waals surface area contributed by atoms with Crippen molar-refractivity contribution in [1.29, 1.82) is 0 Å². The highest BCUT2D eigenvalue weighted by Crippen LogP contribution is 2.29. The van der Waals surface area contributed by atoms with Gasteiger partial charge in [-0.25, -0.2) is 4.79 Å². The molecule has 0 rings (SSSR count). The van der Waals surface area contributed by atoms with E-state index < -0.39 is 13.8 Å². The molecule has 1 atom stereocenters. The largest absolute Gasteiger partial charge is 0.756 e. The molecule has 1 unspecified atom stereocenters. The third kappa shape index (κ3) is 21.2. The van der Waals surface area contributed by atoms with E-state index in [-0.39, 0.29) is 6.61 Å². The third-order valence-electron chi connectivity index (χ3n) is 1.38. The smallest absolute Gasteiger partial charge is 0.329 e. The zero-order valence-electron chi connectivity index (χ0n) is 10.6. The molecular weight excluding hydrogens is 249 g/mol. The molecular formula is C9H20NO6P. The molecule has 8 heteroatoms. The molecule has 0 aliphatic carbocycles. The number of carbonyl (C=O) groups is 1. The minimum atomic E-state index is -4.51. The van der Waals surface area contributed by atoms with Crippen molar-refractivity contribution in [2.45, 2.75) is 0 Å². The summed E-state index contributed by atoms with van der Waals surface area (Å²) >= 11 is 0. The highest BCUT2D eigenvalue weighted by atomic mass is 31.2. The van der Waals surface area contributed by atoms with Crippen LogP contribution in [0.15, 0.2) is 12.7 Å². The summed E-state index contributed by atoms with van der Waals surface area (Å²) < 4.78 is 19.0. The minimum absolute atomic E-state index is 0.0147. The maximum Gasteiger partial charge on any atom is 0.329 e. The van der Waals surface area contributed by atoms with E-state index in [1.54, 1.807) is 0 Å². The van der Waals surface area contributed by atoms with Crippen LogP contribution in [0.3, 0.4) is 0 Å². The number of likely N-dealkylation sites (N-methyl/N-ethyl adjacent to an activating group) is 1. The van der Waals surface area contributed by atoms with Crippen LogP contribution in [0.25, 0.3) is 0 Å². The normalized spacial score (nSPS) is 14.0. The van der Waals surface area contributed by atoms with Crippen molar-refractivity contribution in [3.63, 3.8) is 0 Å². The van der Waals surface area contributed by atoms with E-state index in [0.29, 0.717) is 11.0 Å². The fourth-order valence-electron chi connectivity index (χ4n) is 0.513. The molecule has 0 aromatic rings. The lowest BCUT2D eigenvalue weighted by Crippen LogP contribution is -2.37. The Morgan fingerprint density at radius 1 is 1.53 bits per heavy atom. The minimum Gasteiger partial charge on any atom is -0.756 e. The summed E-state index contributed by atoms with van der Waals surface area (Å²) in [4.78, 5) is 28.1. The molecule has 0 saturated heterocycles. The van der Waals surface area contributed by atoms with Crippen molar-refractivity contribution >= 4 is 13.8 Å². The number of quaternary nitrogens is 1.